The Labute approximate surface area is 159 Å². The van der Waals surface area contributed by atoms with E-state index in [4.69, 9.17) is 4.74 Å². The molecule has 3 aromatic rings. The second kappa shape index (κ2) is 6.85. The van der Waals surface area contributed by atoms with Crippen LogP contribution in [0.25, 0.3) is 16.9 Å². The monoisotopic (exact) mass is 417 g/mol. The van der Waals surface area contributed by atoms with Gasteiger partial charge in [0.1, 0.15) is 0 Å². The summed E-state index contributed by atoms with van der Waals surface area (Å²) in [6, 6.07) is 4.08. The second-order valence-corrected chi connectivity index (χ2v) is 6.73. The highest BCUT2D eigenvalue weighted by atomic mass is 19.4. The van der Waals surface area contributed by atoms with E-state index >= 15 is 0 Å². The van der Waals surface area contributed by atoms with Crippen molar-refractivity contribution in [2.24, 2.45) is 0 Å². The maximum Gasteiger partial charge on any atom is 0.392 e. The van der Waals surface area contributed by atoms with E-state index in [1.165, 1.54) is 16.8 Å². The summed E-state index contributed by atoms with van der Waals surface area (Å²) in [6.45, 7) is -0.757. The summed E-state index contributed by atoms with van der Waals surface area (Å²) in [5, 5.41) is 12.1. The standard InChI is InChI=1S/C17H13F6N5O/c18-11-5-9(8-24-15(11)29-4-3-17(21,22)23)12-1-2-13-25-26-14(28(13)27-12)10-6-16(19,20)7-10/h1-2,5,8,10H,3-4,6-7H2. The first-order valence-electron chi connectivity index (χ1n) is 8.57. The molecule has 1 aliphatic rings. The van der Waals surface area contributed by atoms with Crippen LogP contribution in [0.3, 0.4) is 0 Å². The van der Waals surface area contributed by atoms with Gasteiger partial charge >= 0.3 is 6.18 Å². The molecule has 0 bridgehead atoms. The third-order valence-electron chi connectivity index (χ3n) is 4.47. The Kier molecular flexibility index (Phi) is 4.58. The van der Waals surface area contributed by atoms with Gasteiger partial charge in [-0.1, -0.05) is 0 Å². The van der Waals surface area contributed by atoms with E-state index in [1.807, 2.05) is 0 Å². The number of ether oxygens (including phenoxy) is 1. The van der Waals surface area contributed by atoms with Crippen molar-refractivity contribution in [1.29, 1.82) is 0 Å². The molecule has 0 aliphatic heterocycles. The largest absolute Gasteiger partial charge is 0.475 e. The molecule has 0 spiro atoms. The molecule has 154 valence electrons. The van der Waals surface area contributed by atoms with Crippen molar-refractivity contribution < 1.29 is 31.1 Å². The van der Waals surface area contributed by atoms with Gasteiger partial charge in [-0.05, 0) is 18.2 Å². The van der Waals surface area contributed by atoms with E-state index in [0.29, 0.717) is 5.65 Å². The summed E-state index contributed by atoms with van der Waals surface area (Å²) in [7, 11) is 0. The molecule has 29 heavy (non-hydrogen) atoms. The fourth-order valence-corrected chi connectivity index (χ4v) is 2.99. The van der Waals surface area contributed by atoms with Crippen LogP contribution >= 0.6 is 0 Å². The van der Waals surface area contributed by atoms with Crippen LogP contribution in [0.5, 0.6) is 5.88 Å². The molecule has 0 saturated heterocycles. The topological polar surface area (TPSA) is 65.2 Å². The minimum absolute atomic E-state index is 0.228. The predicted molar refractivity (Wildman–Crippen MR) is 87.1 cm³/mol. The first kappa shape index (κ1) is 19.4. The smallest absolute Gasteiger partial charge is 0.392 e. The first-order valence-corrected chi connectivity index (χ1v) is 8.57. The van der Waals surface area contributed by atoms with E-state index in [1.54, 1.807) is 6.07 Å². The molecule has 0 atom stereocenters. The Morgan fingerprint density at radius 3 is 2.59 bits per heavy atom. The Morgan fingerprint density at radius 1 is 1.17 bits per heavy atom. The fraction of sp³-hybridized carbons (Fsp3) is 0.412. The summed E-state index contributed by atoms with van der Waals surface area (Å²) < 4.78 is 83.0. The van der Waals surface area contributed by atoms with E-state index < -0.39 is 42.7 Å². The molecule has 4 rings (SSSR count). The third kappa shape index (κ3) is 4.10. The van der Waals surface area contributed by atoms with Crippen LogP contribution in [-0.2, 0) is 0 Å². The van der Waals surface area contributed by atoms with Crippen molar-refractivity contribution >= 4 is 5.65 Å². The molecule has 0 N–H and O–H groups in total. The second-order valence-electron chi connectivity index (χ2n) is 6.73. The molecule has 1 fully saturated rings. The summed E-state index contributed by atoms with van der Waals surface area (Å²) in [4.78, 5) is 3.70. The third-order valence-corrected chi connectivity index (χ3v) is 4.47. The van der Waals surface area contributed by atoms with Crippen molar-refractivity contribution in [3.63, 3.8) is 0 Å². The zero-order valence-electron chi connectivity index (χ0n) is 14.6. The average molecular weight is 417 g/mol. The number of hydrogen-bond acceptors (Lipinski definition) is 5. The lowest BCUT2D eigenvalue weighted by molar-refractivity contribution is -0.139. The average Bonchev–Trinajstić information content (AvgIpc) is 3.02. The number of nitrogens with zero attached hydrogens (tertiary/aromatic N) is 5. The summed E-state index contributed by atoms with van der Waals surface area (Å²) in [5.41, 5.74) is 0.837. The van der Waals surface area contributed by atoms with Gasteiger partial charge in [-0.3, -0.25) is 0 Å². The molecule has 0 radical (unpaired) electrons. The van der Waals surface area contributed by atoms with Crippen molar-refractivity contribution in [2.45, 2.75) is 37.3 Å². The minimum atomic E-state index is -4.42. The van der Waals surface area contributed by atoms with Crippen LogP contribution in [0.15, 0.2) is 24.4 Å². The lowest BCUT2D eigenvalue weighted by Crippen LogP contribution is -2.34. The highest BCUT2D eigenvalue weighted by Crippen LogP contribution is 2.47. The number of pyridine rings is 1. The SMILES string of the molecule is Fc1cc(-c2ccc3nnc(C4CC(F)(F)C4)n3n2)cnc1OCCC(F)(F)F. The van der Waals surface area contributed by atoms with E-state index in [9.17, 15) is 26.3 Å². The van der Waals surface area contributed by atoms with E-state index in [2.05, 4.69) is 20.3 Å². The Bertz CT molecular complexity index is 1040. The molecule has 1 aliphatic carbocycles. The van der Waals surface area contributed by atoms with Crippen molar-refractivity contribution in [3.8, 4) is 17.1 Å². The Morgan fingerprint density at radius 2 is 1.93 bits per heavy atom. The molecular weight excluding hydrogens is 404 g/mol. The number of alkyl halides is 5. The molecule has 0 unspecified atom stereocenters. The summed E-state index contributed by atoms with van der Waals surface area (Å²) in [5.74, 6) is -4.44. The Balaban J connectivity index is 1.56. The van der Waals surface area contributed by atoms with Crippen LogP contribution in [0.1, 0.15) is 31.0 Å². The van der Waals surface area contributed by atoms with Gasteiger partial charge in [0.25, 0.3) is 0 Å². The quantitative estimate of drug-likeness (QED) is 0.583. The first-order chi connectivity index (χ1) is 13.6. The highest BCUT2D eigenvalue weighted by Gasteiger charge is 2.48. The molecule has 1 saturated carbocycles. The lowest BCUT2D eigenvalue weighted by Gasteiger charge is -2.33. The summed E-state index contributed by atoms with van der Waals surface area (Å²) in [6.07, 6.45) is -5.15. The number of rotatable bonds is 5. The van der Waals surface area contributed by atoms with Crippen LogP contribution in [-0.4, -0.2) is 43.5 Å². The minimum Gasteiger partial charge on any atom is -0.475 e. The Hall–Kier alpha value is -2.92. The van der Waals surface area contributed by atoms with Crippen LogP contribution in [0.2, 0.25) is 0 Å². The van der Waals surface area contributed by atoms with Gasteiger partial charge in [-0.2, -0.15) is 22.8 Å². The van der Waals surface area contributed by atoms with Gasteiger partial charge in [0.05, 0.1) is 18.7 Å². The zero-order chi connectivity index (χ0) is 20.8. The van der Waals surface area contributed by atoms with Gasteiger partial charge in [-0.15, -0.1) is 10.2 Å². The number of fused-ring (bicyclic) bond motifs is 1. The maximum atomic E-state index is 14.2. The molecule has 0 amide bonds. The number of halogens is 6. The molecule has 3 heterocycles. The van der Waals surface area contributed by atoms with E-state index in [0.717, 1.165) is 6.07 Å². The fourth-order valence-electron chi connectivity index (χ4n) is 2.99. The van der Waals surface area contributed by atoms with Gasteiger partial charge in [0.15, 0.2) is 17.3 Å². The van der Waals surface area contributed by atoms with Gasteiger partial charge in [0.2, 0.25) is 11.8 Å². The molecular formula is C17H13F6N5O. The lowest BCUT2D eigenvalue weighted by atomic mass is 9.81. The molecule has 0 aromatic carbocycles. The normalized spacial score (nSPS) is 16.8. The van der Waals surface area contributed by atoms with Crippen LogP contribution in [0, 0.1) is 5.82 Å². The highest BCUT2D eigenvalue weighted by molar-refractivity contribution is 5.59. The number of hydrogen-bond donors (Lipinski definition) is 0. The predicted octanol–water partition coefficient (Wildman–Crippen LogP) is 4.17. The maximum absolute atomic E-state index is 14.2. The number of aromatic nitrogens is 5. The van der Waals surface area contributed by atoms with Gasteiger partial charge < -0.3 is 4.74 Å². The summed E-state index contributed by atoms with van der Waals surface area (Å²) >= 11 is 0. The molecule has 3 aromatic heterocycles. The zero-order valence-corrected chi connectivity index (χ0v) is 14.6. The van der Waals surface area contributed by atoms with Crippen molar-refractivity contribution in [2.75, 3.05) is 6.61 Å². The molecule has 12 heteroatoms. The van der Waals surface area contributed by atoms with Gasteiger partial charge in [0, 0.05) is 30.5 Å². The van der Waals surface area contributed by atoms with Crippen molar-refractivity contribution in [3.05, 3.63) is 36.0 Å². The van der Waals surface area contributed by atoms with E-state index in [-0.39, 0.29) is 29.9 Å². The van der Waals surface area contributed by atoms with Crippen LogP contribution < -0.4 is 4.74 Å². The van der Waals surface area contributed by atoms with Gasteiger partial charge in [-0.25, -0.2) is 18.2 Å². The van der Waals surface area contributed by atoms with Crippen LogP contribution in [0.4, 0.5) is 26.3 Å². The molecule has 6 nitrogen and oxygen atoms in total. The van der Waals surface area contributed by atoms with Crippen molar-refractivity contribution in [1.82, 2.24) is 24.8 Å².